The number of ether oxygens (including phenoxy) is 1. The summed E-state index contributed by atoms with van der Waals surface area (Å²) in [7, 11) is 1.70. The SMILES string of the molecule is COCCCN1CCC(NC(=O)/C=C/c2c(F)cccc2F)CC1. The number of methoxy groups -OCH3 is 1. The largest absolute Gasteiger partial charge is 0.385 e. The molecule has 0 spiro atoms. The van der Waals surface area contributed by atoms with Crippen LogP contribution in [-0.4, -0.2) is 50.2 Å². The van der Waals surface area contributed by atoms with Crippen molar-refractivity contribution < 1.29 is 18.3 Å². The Balaban J connectivity index is 1.76. The van der Waals surface area contributed by atoms with Gasteiger partial charge in [0.1, 0.15) is 11.6 Å². The zero-order valence-corrected chi connectivity index (χ0v) is 13.9. The number of benzene rings is 1. The maximum atomic E-state index is 13.5. The van der Waals surface area contributed by atoms with Crippen molar-refractivity contribution in [1.82, 2.24) is 10.2 Å². The maximum absolute atomic E-state index is 13.5. The number of rotatable bonds is 7. The minimum absolute atomic E-state index is 0.103. The Morgan fingerprint density at radius 2 is 2.00 bits per heavy atom. The van der Waals surface area contributed by atoms with Crippen LogP contribution in [0.3, 0.4) is 0 Å². The van der Waals surface area contributed by atoms with Crippen LogP contribution in [0.15, 0.2) is 24.3 Å². The van der Waals surface area contributed by atoms with E-state index in [2.05, 4.69) is 10.2 Å². The second kappa shape index (κ2) is 9.49. The predicted molar refractivity (Wildman–Crippen MR) is 89.5 cm³/mol. The summed E-state index contributed by atoms with van der Waals surface area (Å²) in [5.41, 5.74) is -0.194. The predicted octanol–water partition coefficient (Wildman–Crippen LogP) is 2.60. The fraction of sp³-hybridized carbons (Fsp3) is 0.500. The Kier molecular flexibility index (Phi) is 7.34. The topological polar surface area (TPSA) is 41.6 Å². The third-order valence-corrected chi connectivity index (χ3v) is 4.16. The summed E-state index contributed by atoms with van der Waals surface area (Å²) in [6.07, 6.45) is 5.12. The Hall–Kier alpha value is -1.79. The van der Waals surface area contributed by atoms with E-state index in [4.69, 9.17) is 4.74 Å². The minimum atomic E-state index is -0.677. The molecule has 2 rings (SSSR count). The fourth-order valence-electron chi connectivity index (χ4n) is 2.81. The number of nitrogens with one attached hydrogen (secondary N) is 1. The number of nitrogens with zero attached hydrogens (tertiary/aromatic N) is 1. The molecule has 1 aromatic carbocycles. The van der Waals surface area contributed by atoms with Crippen molar-refractivity contribution in [2.75, 3.05) is 33.4 Å². The van der Waals surface area contributed by atoms with Crippen LogP contribution in [-0.2, 0) is 9.53 Å². The van der Waals surface area contributed by atoms with E-state index >= 15 is 0 Å². The number of hydrogen-bond acceptors (Lipinski definition) is 3. The molecule has 1 heterocycles. The molecule has 0 aliphatic carbocycles. The maximum Gasteiger partial charge on any atom is 0.244 e. The highest BCUT2D eigenvalue weighted by atomic mass is 19.1. The lowest BCUT2D eigenvalue weighted by atomic mass is 10.0. The monoisotopic (exact) mass is 338 g/mol. The summed E-state index contributed by atoms with van der Waals surface area (Å²) in [6.45, 7) is 3.62. The molecule has 4 nitrogen and oxygen atoms in total. The number of carbonyl (C=O) groups is 1. The molecular formula is C18H24F2N2O2. The summed E-state index contributed by atoms with van der Waals surface area (Å²) in [5.74, 6) is -1.68. The molecule has 6 heteroatoms. The third-order valence-electron chi connectivity index (χ3n) is 4.16. The molecule has 1 N–H and O–H groups in total. The van der Waals surface area contributed by atoms with Gasteiger partial charge < -0.3 is 15.0 Å². The quantitative estimate of drug-likeness (QED) is 0.614. The summed E-state index contributed by atoms with van der Waals surface area (Å²) in [4.78, 5) is 14.3. The lowest BCUT2D eigenvalue weighted by Crippen LogP contribution is -2.44. The first kappa shape index (κ1) is 18.5. The average Bonchev–Trinajstić information content (AvgIpc) is 2.56. The van der Waals surface area contributed by atoms with Crippen molar-refractivity contribution in [2.24, 2.45) is 0 Å². The van der Waals surface area contributed by atoms with E-state index in [1.165, 1.54) is 30.4 Å². The lowest BCUT2D eigenvalue weighted by molar-refractivity contribution is -0.117. The molecule has 1 fully saturated rings. The molecule has 0 radical (unpaired) electrons. The van der Waals surface area contributed by atoms with Gasteiger partial charge >= 0.3 is 0 Å². The lowest BCUT2D eigenvalue weighted by Gasteiger charge is -2.32. The van der Waals surface area contributed by atoms with Gasteiger partial charge in [-0.25, -0.2) is 8.78 Å². The van der Waals surface area contributed by atoms with E-state index in [1.54, 1.807) is 7.11 Å². The van der Waals surface area contributed by atoms with Crippen molar-refractivity contribution in [3.8, 4) is 0 Å². The van der Waals surface area contributed by atoms with Crippen LogP contribution < -0.4 is 5.32 Å². The average molecular weight is 338 g/mol. The van der Waals surface area contributed by atoms with Crippen molar-refractivity contribution in [3.63, 3.8) is 0 Å². The Bertz CT molecular complexity index is 550. The summed E-state index contributed by atoms with van der Waals surface area (Å²) < 4.78 is 32.0. The van der Waals surface area contributed by atoms with Gasteiger partial charge in [-0.3, -0.25) is 4.79 Å². The van der Waals surface area contributed by atoms with Gasteiger partial charge in [-0.15, -0.1) is 0 Å². The Morgan fingerprint density at radius 1 is 1.33 bits per heavy atom. The highest BCUT2D eigenvalue weighted by Crippen LogP contribution is 2.14. The molecule has 1 aliphatic heterocycles. The molecular weight excluding hydrogens is 314 g/mol. The second-order valence-corrected chi connectivity index (χ2v) is 5.94. The summed E-state index contributed by atoms with van der Waals surface area (Å²) in [6, 6.07) is 3.73. The number of amides is 1. The van der Waals surface area contributed by atoms with Gasteiger partial charge in [0.15, 0.2) is 0 Å². The number of piperidine rings is 1. The summed E-state index contributed by atoms with van der Waals surface area (Å²) in [5, 5.41) is 2.89. The van der Waals surface area contributed by atoms with E-state index in [1.807, 2.05) is 0 Å². The highest BCUT2D eigenvalue weighted by molar-refractivity contribution is 5.91. The van der Waals surface area contributed by atoms with Gasteiger partial charge in [0.2, 0.25) is 5.91 Å². The van der Waals surface area contributed by atoms with Gasteiger partial charge in [0, 0.05) is 51.0 Å². The molecule has 24 heavy (non-hydrogen) atoms. The molecule has 0 saturated carbocycles. The first-order chi connectivity index (χ1) is 11.6. The van der Waals surface area contributed by atoms with Crippen LogP contribution in [0.2, 0.25) is 0 Å². The van der Waals surface area contributed by atoms with Crippen LogP contribution in [0.25, 0.3) is 6.08 Å². The normalized spacial score (nSPS) is 16.6. The number of carbonyl (C=O) groups excluding carboxylic acids is 1. The van der Waals surface area contributed by atoms with Crippen molar-refractivity contribution >= 4 is 12.0 Å². The zero-order chi connectivity index (χ0) is 17.4. The Morgan fingerprint density at radius 3 is 2.62 bits per heavy atom. The van der Waals surface area contributed by atoms with Crippen LogP contribution >= 0.6 is 0 Å². The van der Waals surface area contributed by atoms with Crippen molar-refractivity contribution in [1.29, 1.82) is 0 Å². The third kappa shape index (κ3) is 5.69. The molecule has 0 atom stereocenters. The van der Waals surface area contributed by atoms with Gasteiger partial charge in [0.25, 0.3) is 0 Å². The van der Waals surface area contributed by atoms with Crippen LogP contribution in [0, 0.1) is 11.6 Å². The second-order valence-electron chi connectivity index (χ2n) is 5.94. The highest BCUT2D eigenvalue weighted by Gasteiger charge is 2.19. The van der Waals surface area contributed by atoms with E-state index in [-0.39, 0.29) is 17.5 Å². The molecule has 0 bridgehead atoms. The molecule has 1 aromatic rings. The molecule has 1 aliphatic rings. The van der Waals surface area contributed by atoms with E-state index in [0.717, 1.165) is 45.5 Å². The van der Waals surface area contributed by atoms with Gasteiger partial charge in [-0.1, -0.05) is 6.07 Å². The van der Waals surface area contributed by atoms with Gasteiger partial charge in [-0.2, -0.15) is 0 Å². The van der Waals surface area contributed by atoms with Crippen molar-refractivity contribution in [2.45, 2.75) is 25.3 Å². The smallest absolute Gasteiger partial charge is 0.244 e. The first-order valence-corrected chi connectivity index (χ1v) is 8.24. The number of hydrogen-bond donors (Lipinski definition) is 1. The van der Waals surface area contributed by atoms with E-state index in [9.17, 15) is 13.6 Å². The minimum Gasteiger partial charge on any atom is -0.385 e. The number of halogens is 2. The Labute approximate surface area is 141 Å². The van der Waals surface area contributed by atoms with Crippen molar-refractivity contribution in [3.05, 3.63) is 41.5 Å². The standard InChI is InChI=1S/C18H24F2N2O2/c1-24-13-3-10-22-11-8-14(9-12-22)21-18(23)7-6-15-16(19)4-2-5-17(15)20/h2,4-7,14H,3,8-13H2,1H3,(H,21,23)/b7-6+. The zero-order valence-electron chi connectivity index (χ0n) is 13.9. The van der Waals surface area contributed by atoms with Crippen LogP contribution in [0.1, 0.15) is 24.8 Å². The number of likely N-dealkylation sites (tertiary alicyclic amines) is 1. The molecule has 1 amide bonds. The summed E-state index contributed by atoms with van der Waals surface area (Å²) >= 11 is 0. The molecule has 132 valence electrons. The first-order valence-electron chi connectivity index (χ1n) is 8.24. The van der Waals surface area contributed by atoms with Crippen LogP contribution in [0.4, 0.5) is 8.78 Å². The van der Waals surface area contributed by atoms with Crippen LogP contribution in [0.5, 0.6) is 0 Å². The molecule has 0 unspecified atom stereocenters. The van der Waals surface area contributed by atoms with Gasteiger partial charge in [-0.05, 0) is 37.5 Å². The van der Waals surface area contributed by atoms with E-state index in [0.29, 0.717) is 0 Å². The molecule has 0 aromatic heterocycles. The molecule has 1 saturated heterocycles. The van der Waals surface area contributed by atoms with E-state index < -0.39 is 11.6 Å². The van der Waals surface area contributed by atoms with Gasteiger partial charge in [0.05, 0.1) is 0 Å². The fourth-order valence-corrected chi connectivity index (χ4v) is 2.81.